The maximum Gasteiger partial charge on any atom is 0.104 e. The van der Waals surface area contributed by atoms with Crippen LogP contribution in [0.2, 0.25) is 0 Å². The zero-order valence-corrected chi connectivity index (χ0v) is 16.6. The van der Waals surface area contributed by atoms with Gasteiger partial charge in [-0.05, 0) is 38.4 Å². The molecule has 0 bridgehead atoms. The van der Waals surface area contributed by atoms with Gasteiger partial charge in [-0.15, -0.1) is 0 Å². The monoisotopic (exact) mass is 374 g/mol. The second-order valence-electron chi connectivity index (χ2n) is 7.56. The van der Waals surface area contributed by atoms with Gasteiger partial charge in [-0.2, -0.15) is 0 Å². The van der Waals surface area contributed by atoms with Crippen LogP contribution >= 0.6 is 0 Å². The summed E-state index contributed by atoms with van der Waals surface area (Å²) in [6.45, 7) is 6.33. The van der Waals surface area contributed by atoms with Gasteiger partial charge in [0.1, 0.15) is 6.10 Å². The summed E-state index contributed by atoms with van der Waals surface area (Å²) in [6.07, 6.45) is 15.9. The summed E-state index contributed by atoms with van der Waals surface area (Å²) in [6, 6.07) is 0.868. The summed E-state index contributed by atoms with van der Waals surface area (Å²) in [5.74, 6) is 0.499. The standard InChI is InChI=1S/C22H34N2O3/c1-3-24(4-2)17-10-8-16(9-11-17)20-13-12-19-21(23-20)6-5-7-22(19)27-18(14-25)15-26/h5-6,8,10,12-13,16-18,20,22-23,25-26H,3-4,7,9,11,14-15H2,1-2H3/t16-,17+,20-,22?/m0/s1. The maximum absolute atomic E-state index is 9.30. The third-order valence-corrected chi connectivity index (χ3v) is 5.98. The lowest BCUT2D eigenvalue weighted by atomic mass is 9.84. The largest absolute Gasteiger partial charge is 0.394 e. The molecule has 1 heterocycles. The Balaban J connectivity index is 1.63. The molecule has 0 spiro atoms. The van der Waals surface area contributed by atoms with Crippen LogP contribution in [0.15, 0.2) is 47.7 Å². The SMILES string of the molecule is CCN(CC)[C@@H]1C=C[C@H]([C@@H]2C=CC3=C(C=CCC3OC(CO)CO)N2)CC1. The molecule has 4 atom stereocenters. The summed E-state index contributed by atoms with van der Waals surface area (Å²) < 4.78 is 5.89. The lowest BCUT2D eigenvalue weighted by Crippen LogP contribution is -2.42. The fourth-order valence-electron chi connectivity index (χ4n) is 4.35. The van der Waals surface area contributed by atoms with E-state index in [-0.39, 0.29) is 19.3 Å². The highest BCUT2D eigenvalue weighted by molar-refractivity contribution is 5.43. The molecule has 0 aromatic heterocycles. The van der Waals surface area contributed by atoms with Crippen LogP contribution in [0.1, 0.15) is 33.1 Å². The van der Waals surface area contributed by atoms with Crippen molar-refractivity contribution in [2.75, 3.05) is 26.3 Å². The second kappa shape index (κ2) is 9.69. The number of likely N-dealkylation sites (N-methyl/N-ethyl adjacent to an activating group) is 1. The Hall–Kier alpha value is -1.40. The summed E-state index contributed by atoms with van der Waals surface area (Å²) in [4.78, 5) is 2.52. The van der Waals surface area contributed by atoms with Crippen molar-refractivity contribution >= 4 is 0 Å². The van der Waals surface area contributed by atoms with Crippen LogP contribution in [-0.4, -0.2) is 65.7 Å². The Bertz CT molecular complexity index is 603. The zero-order chi connectivity index (χ0) is 19.2. The molecule has 5 heteroatoms. The highest BCUT2D eigenvalue weighted by Gasteiger charge is 2.29. The van der Waals surface area contributed by atoms with Crippen LogP contribution in [0.3, 0.4) is 0 Å². The van der Waals surface area contributed by atoms with Crippen LogP contribution in [0.4, 0.5) is 0 Å². The fraction of sp³-hybridized carbons (Fsp3) is 0.636. The minimum atomic E-state index is -0.528. The van der Waals surface area contributed by atoms with E-state index in [1.807, 2.05) is 0 Å². The molecule has 0 saturated heterocycles. The number of rotatable bonds is 8. The highest BCUT2D eigenvalue weighted by Crippen LogP contribution is 2.31. The van der Waals surface area contributed by atoms with Gasteiger partial charge in [0.15, 0.2) is 0 Å². The van der Waals surface area contributed by atoms with Gasteiger partial charge in [-0.1, -0.05) is 44.2 Å². The third-order valence-electron chi connectivity index (χ3n) is 5.98. The summed E-state index contributed by atoms with van der Waals surface area (Å²) in [7, 11) is 0. The predicted molar refractivity (Wildman–Crippen MR) is 108 cm³/mol. The molecule has 0 saturated carbocycles. The number of dihydropyridines is 1. The number of ether oxygens (including phenoxy) is 1. The molecule has 150 valence electrons. The summed E-state index contributed by atoms with van der Waals surface area (Å²) in [5, 5.41) is 22.3. The molecule has 1 aliphatic heterocycles. The predicted octanol–water partition coefficient (Wildman–Crippen LogP) is 2.14. The first kappa shape index (κ1) is 20.3. The number of aliphatic hydroxyl groups is 2. The minimum Gasteiger partial charge on any atom is -0.394 e. The van der Waals surface area contributed by atoms with Crippen LogP contribution in [-0.2, 0) is 4.74 Å². The van der Waals surface area contributed by atoms with Crippen molar-refractivity contribution in [2.24, 2.45) is 5.92 Å². The van der Waals surface area contributed by atoms with E-state index in [9.17, 15) is 10.2 Å². The maximum atomic E-state index is 9.30. The molecule has 2 aliphatic carbocycles. The number of hydrogen-bond donors (Lipinski definition) is 3. The van der Waals surface area contributed by atoms with Crippen LogP contribution in [0, 0.1) is 5.92 Å². The molecular weight excluding hydrogens is 340 g/mol. The van der Waals surface area contributed by atoms with E-state index in [1.54, 1.807) is 0 Å². The highest BCUT2D eigenvalue weighted by atomic mass is 16.5. The fourth-order valence-corrected chi connectivity index (χ4v) is 4.35. The van der Waals surface area contributed by atoms with Crippen molar-refractivity contribution < 1.29 is 14.9 Å². The van der Waals surface area contributed by atoms with E-state index in [4.69, 9.17) is 4.74 Å². The molecule has 3 rings (SSSR count). The molecule has 0 aromatic carbocycles. The minimum absolute atomic E-state index is 0.118. The van der Waals surface area contributed by atoms with Gasteiger partial charge < -0.3 is 20.3 Å². The number of hydrogen-bond acceptors (Lipinski definition) is 5. The van der Waals surface area contributed by atoms with E-state index in [1.165, 1.54) is 12.8 Å². The van der Waals surface area contributed by atoms with E-state index in [0.29, 0.717) is 18.0 Å². The molecule has 0 aromatic rings. The topological polar surface area (TPSA) is 65.0 Å². The first-order valence-corrected chi connectivity index (χ1v) is 10.3. The quantitative estimate of drug-likeness (QED) is 0.568. The Kier molecular flexibility index (Phi) is 7.30. The molecule has 3 aliphatic rings. The van der Waals surface area contributed by atoms with Gasteiger partial charge in [0.2, 0.25) is 0 Å². The first-order valence-electron chi connectivity index (χ1n) is 10.3. The van der Waals surface area contributed by atoms with E-state index >= 15 is 0 Å². The van der Waals surface area contributed by atoms with Gasteiger partial charge in [-0.25, -0.2) is 0 Å². The van der Waals surface area contributed by atoms with Crippen molar-refractivity contribution in [3.8, 4) is 0 Å². The van der Waals surface area contributed by atoms with Gasteiger partial charge in [0.05, 0.1) is 25.4 Å². The molecule has 27 heavy (non-hydrogen) atoms. The molecule has 0 amide bonds. The van der Waals surface area contributed by atoms with Gasteiger partial charge in [0, 0.05) is 23.2 Å². The van der Waals surface area contributed by atoms with E-state index < -0.39 is 6.10 Å². The average molecular weight is 375 g/mol. The summed E-state index contributed by atoms with van der Waals surface area (Å²) >= 11 is 0. The Morgan fingerprint density at radius 1 is 1.11 bits per heavy atom. The van der Waals surface area contributed by atoms with E-state index in [0.717, 1.165) is 30.8 Å². The summed E-state index contributed by atoms with van der Waals surface area (Å²) in [5.41, 5.74) is 2.22. The van der Waals surface area contributed by atoms with Crippen LogP contribution < -0.4 is 5.32 Å². The normalized spacial score (nSPS) is 30.1. The molecule has 3 N–H and O–H groups in total. The van der Waals surface area contributed by atoms with Crippen molar-refractivity contribution in [1.29, 1.82) is 0 Å². The molecule has 5 nitrogen and oxygen atoms in total. The van der Waals surface area contributed by atoms with Crippen molar-refractivity contribution in [3.63, 3.8) is 0 Å². The first-order chi connectivity index (χ1) is 13.2. The smallest absolute Gasteiger partial charge is 0.104 e. The lowest BCUT2D eigenvalue weighted by molar-refractivity contribution is -0.0483. The van der Waals surface area contributed by atoms with E-state index in [2.05, 4.69) is 60.5 Å². The average Bonchev–Trinajstić information content (AvgIpc) is 2.73. The Morgan fingerprint density at radius 2 is 1.89 bits per heavy atom. The van der Waals surface area contributed by atoms with Crippen molar-refractivity contribution in [1.82, 2.24) is 10.2 Å². The number of allylic oxidation sites excluding steroid dienone is 1. The third kappa shape index (κ3) is 4.72. The lowest BCUT2D eigenvalue weighted by Gasteiger charge is -2.37. The molecular formula is C22H34N2O3. The molecule has 0 fully saturated rings. The number of nitrogens with zero attached hydrogens (tertiary/aromatic N) is 1. The Morgan fingerprint density at radius 3 is 2.52 bits per heavy atom. The van der Waals surface area contributed by atoms with Gasteiger partial charge in [0.25, 0.3) is 0 Å². The number of aliphatic hydroxyl groups excluding tert-OH is 2. The molecule has 0 radical (unpaired) electrons. The van der Waals surface area contributed by atoms with Gasteiger partial charge in [-0.3, -0.25) is 4.90 Å². The molecule has 1 unspecified atom stereocenters. The Labute approximate surface area is 163 Å². The van der Waals surface area contributed by atoms with Crippen molar-refractivity contribution in [3.05, 3.63) is 47.7 Å². The zero-order valence-electron chi connectivity index (χ0n) is 16.6. The van der Waals surface area contributed by atoms with Gasteiger partial charge >= 0.3 is 0 Å². The van der Waals surface area contributed by atoms with Crippen LogP contribution in [0.5, 0.6) is 0 Å². The van der Waals surface area contributed by atoms with Crippen molar-refractivity contribution in [2.45, 2.75) is 57.4 Å². The van der Waals surface area contributed by atoms with Crippen LogP contribution in [0.25, 0.3) is 0 Å². The second-order valence-corrected chi connectivity index (χ2v) is 7.56. The number of nitrogens with one attached hydrogen (secondary N) is 1.